The van der Waals surface area contributed by atoms with Gasteiger partial charge < -0.3 is 9.47 Å². The first-order chi connectivity index (χ1) is 13.8. The Morgan fingerprint density at radius 2 is 1.83 bits per heavy atom. The molecule has 0 N–H and O–H groups in total. The number of rotatable bonds is 7. The summed E-state index contributed by atoms with van der Waals surface area (Å²) < 4.78 is 12.3. The van der Waals surface area contributed by atoms with Crippen molar-refractivity contribution < 1.29 is 14.3 Å². The van der Waals surface area contributed by atoms with Crippen molar-refractivity contribution >= 4 is 51.9 Å². The van der Waals surface area contributed by atoms with Crippen LogP contribution in [0.25, 0.3) is 6.08 Å². The number of nitrogens with zero attached hydrogens (tertiary/aromatic N) is 1. The predicted molar refractivity (Wildman–Crippen MR) is 124 cm³/mol. The van der Waals surface area contributed by atoms with E-state index >= 15 is 0 Å². The maximum atomic E-state index is 12.3. The molecular weight excluding hydrogens is 426 g/mol. The molecule has 0 spiro atoms. The van der Waals surface area contributed by atoms with Crippen LogP contribution in [0.3, 0.4) is 0 Å². The molecule has 1 amide bonds. The fourth-order valence-corrected chi connectivity index (χ4v) is 4.09. The summed E-state index contributed by atoms with van der Waals surface area (Å²) in [5, 5.41) is 0.578. The molecule has 0 bridgehead atoms. The number of carbonyl (C=O) groups is 1. The van der Waals surface area contributed by atoms with Gasteiger partial charge in [-0.2, -0.15) is 0 Å². The monoisotopic (exact) mass is 447 g/mol. The maximum absolute atomic E-state index is 12.3. The minimum Gasteiger partial charge on any atom is -0.493 e. The van der Waals surface area contributed by atoms with E-state index in [-0.39, 0.29) is 5.91 Å². The Morgan fingerprint density at radius 3 is 2.52 bits per heavy atom. The number of benzene rings is 2. The summed E-state index contributed by atoms with van der Waals surface area (Å²) in [6.07, 6.45) is 2.50. The van der Waals surface area contributed by atoms with E-state index in [4.69, 9.17) is 33.3 Å². The van der Waals surface area contributed by atoms with Crippen molar-refractivity contribution in [3.05, 3.63) is 63.0 Å². The van der Waals surface area contributed by atoms with E-state index in [1.807, 2.05) is 26.0 Å². The SMILES string of the molecule is Cc1ccc(C)c(OCCCOc2ccc(Cl)cc2/C=C2\SC(=S)N(C)C2=O)c1. The zero-order valence-corrected chi connectivity index (χ0v) is 18.9. The molecule has 0 aromatic heterocycles. The van der Waals surface area contributed by atoms with Crippen molar-refractivity contribution in [2.45, 2.75) is 20.3 Å². The molecule has 2 aromatic carbocycles. The topological polar surface area (TPSA) is 38.8 Å². The Hall–Kier alpha value is -2.02. The highest BCUT2D eigenvalue weighted by molar-refractivity contribution is 8.26. The summed E-state index contributed by atoms with van der Waals surface area (Å²) in [6.45, 7) is 5.12. The number of carbonyl (C=O) groups excluding carboxylic acids is 1. The summed E-state index contributed by atoms with van der Waals surface area (Å²) in [5.74, 6) is 1.45. The van der Waals surface area contributed by atoms with Gasteiger partial charge in [0.05, 0.1) is 18.1 Å². The number of amides is 1. The molecule has 0 radical (unpaired) electrons. The van der Waals surface area contributed by atoms with Gasteiger partial charge in [0.15, 0.2) is 0 Å². The van der Waals surface area contributed by atoms with Crippen LogP contribution in [0.15, 0.2) is 41.3 Å². The molecule has 3 rings (SSSR count). The molecule has 0 saturated carbocycles. The number of thiocarbonyl (C=S) groups is 1. The highest BCUT2D eigenvalue weighted by Crippen LogP contribution is 2.34. The largest absolute Gasteiger partial charge is 0.493 e. The van der Waals surface area contributed by atoms with Crippen molar-refractivity contribution in [3.63, 3.8) is 0 Å². The van der Waals surface area contributed by atoms with Crippen LogP contribution >= 0.6 is 35.6 Å². The lowest BCUT2D eigenvalue weighted by Crippen LogP contribution is -2.22. The van der Waals surface area contributed by atoms with E-state index < -0.39 is 0 Å². The Labute approximate surface area is 185 Å². The number of likely N-dealkylation sites (N-methyl/N-ethyl adjacent to an activating group) is 1. The van der Waals surface area contributed by atoms with Gasteiger partial charge in [0, 0.05) is 24.1 Å². The predicted octanol–water partition coefficient (Wildman–Crippen LogP) is 5.64. The molecule has 2 aromatic rings. The molecule has 0 aliphatic carbocycles. The molecule has 1 heterocycles. The van der Waals surface area contributed by atoms with Crippen LogP contribution in [-0.2, 0) is 4.79 Å². The number of thioether (sulfide) groups is 1. The molecular formula is C22H22ClNO3S2. The van der Waals surface area contributed by atoms with Crippen molar-refractivity contribution in [1.29, 1.82) is 0 Å². The smallest absolute Gasteiger partial charge is 0.265 e. The van der Waals surface area contributed by atoms with Gasteiger partial charge in [-0.25, -0.2) is 0 Å². The molecule has 29 heavy (non-hydrogen) atoms. The van der Waals surface area contributed by atoms with Gasteiger partial charge in [-0.15, -0.1) is 0 Å². The maximum Gasteiger partial charge on any atom is 0.265 e. The lowest BCUT2D eigenvalue weighted by atomic mass is 10.1. The molecule has 152 valence electrons. The lowest BCUT2D eigenvalue weighted by molar-refractivity contribution is -0.121. The number of aryl methyl sites for hydroxylation is 2. The van der Waals surface area contributed by atoms with Crippen molar-refractivity contribution in [2.24, 2.45) is 0 Å². The van der Waals surface area contributed by atoms with Crippen molar-refractivity contribution in [1.82, 2.24) is 4.90 Å². The van der Waals surface area contributed by atoms with Gasteiger partial charge in [-0.3, -0.25) is 9.69 Å². The number of ether oxygens (including phenoxy) is 2. The second kappa shape index (κ2) is 9.65. The minimum absolute atomic E-state index is 0.118. The van der Waals surface area contributed by atoms with Gasteiger partial charge in [-0.1, -0.05) is 47.7 Å². The zero-order chi connectivity index (χ0) is 21.0. The summed E-state index contributed by atoms with van der Waals surface area (Å²) in [7, 11) is 1.67. The van der Waals surface area contributed by atoms with E-state index in [1.165, 1.54) is 22.2 Å². The zero-order valence-electron chi connectivity index (χ0n) is 16.5. The van der Waals surface area contributed by atoms with Gasteiger partial charge >= 0.3 is 0 Å². The first kappa shape index (κ1) is 21.7. The number of halogens is 1. The quantitative estimate of drug-likeness (QED) is 0.312. The lowest BCUT2D eigenvalue weighted by Gasteiger charge is -2.12. The Balaban J connectivity index is 1.61. The third-order valence-electron chi connectivity index (χ3n) is 4.39. The van der Waals surface area contributed by atoms with Crippen LogP contribution in [0.4, 0.5) is 0 Å². The first-order valence-electron chi connectivity index (χ1n) is 9.19. The third-order valence-corrected chi connectivity index (χ3v) is 6.11. The first-order valence-corrected chi connectivity index (χ1v) is 10.8. The third kappa shape index (κ3) is 5.53. The molecule has 1 saturated heterocycles. The number of hydrogen-bond donors (Lipinski definition) is 0. The van der Waals surface area contributed by atoms with E-state index in [0.29, 0.717) is 33.2 Å². The van der Waals surface area contributed by atoms with Gasteiger partial charge in [0.25, 0.3) is 5.91 Å². The fourth-order valence-electron chi connectivity index (χ4n) is 2.74. The average Bonchev–Trinajstić information content (AvgIpc) is 2.92. The average molecular weight is 448 g/mol. The van der Waals surface area contributed by atoms with E-state index in [9.17, 15) is 4.79 Å². The highest BCUT2D eigenvalue weighted by atomic mass is 35.5. The Bertz CT molecular complexity index is 975. The van der Waals surface area contributed by atoms with Crippen LogP contribution in [-0.4, -0.2) is 35.4 Å². The molecule has 1 aliphatic rings. The van der Waals surface area contributed by atoms with Crippen LogP contribution in [0, 0.1) is 13.8 Å². The van der Waals surface area contributed by atoms with Crippen LogP contribution < -0.4 is 9.47 Å². The van der Waals surface area contributed by atoms with Gasteiger partial charge in [0.1, 0.15) is 15.8 Å². The fraction of sp³-hybridized carbons (Fsp3) is 0.273. The summed E-state index contributed by atoms with van der Waals surface area (Å²) in [4.78, 5) is 14.3. The Morgan fingerprint density at radius 1 is 1.10 bits per heavy atom. The molecule has 1 aliphatic heterocycles. The van der Waals surface area contributed by atoms with Crippen LogP contribution in [0.1, 0.15) is 23.1 Å². The van der Waals surface area contributed by atoms with Crippen molar-refractivity contribution in [2.75, 3.05) is 20.3 Å². The second-order valence-corrected chi connectivity index (χ2v) is 8.85. The van der Waals surface area contributed by atoms with Gasteiger partial charge in [-0.05, 0) is 55.3 Å². The molecule has 0 unspecified atom stereocenters. The molecule has 7 heteroatoms. The van der Waals surface area contributed by atoms with E-state index in [1.54, 1.807) is 25.3 Å². The normalized spacial score (nSPS) is 15.3. The van der Waals surface area contributed by atoms with Gasteiger partial charge in [0.2, 0.25) is 0 Å². The summed E-state index contributed by atoms with van der Waals surface area (Å²) in [6, 6.07) is 11.5. The minimum atomic E-state index is -0.118. The van der Waals surface area contributed by atoms with Crippen LogP contribution in [0.2, 0.25) is 5.02 Å². The molecule has 0 atom stereocenters. The molecule has 1 fully saturated rings. The van der Waals surface area contributed by atoms with Crippen molar-refractivity contribution in [3.8, 4) is 11.5 Å². The highest BCUT2D eigenvalue weighted by Gasteiger charge is 2.29. The summed E-state index contributed by atoms with van der Waals surface area (Å²) in [5.41, 5.74) is 3.04. The summed E-state index contributed by atoms with van der Waals surface area (Å²) >= 11 is 12.6. The molecule has 4 nitrogen and oxygen atoms in total. The van der Waals surface area contributed by atoms with E-state index in [0.717, 1.165) is 23.3 Å². The Kier molecular flexibility index (Phi) is 7.22. The standard InChI is InChI=1S/C22H22ClNO3S2/c1-14-5-6-15(2)19(11-14)27-10-4-9-26-18-8-7-17(23)12-16(18)13-20-21(25)24(3)22(28)29-20/h5-8,11-13H,4,9-10H2,1-3H3/b20-13-. The van der Waals surface area contributed by atoms with E-state index in [2.05, 4.69) is 12.1 Å². The number of hydrogen-bond acceptors (Lipinski definition) is 5. The van der Waals surface area contributed by atoms with Crippen LogP contribution in [0.5, 0.6) is 11.5 Å². The second-order valence-electron chi connectivity index (χ2n) is 6.74.